The average Bonchev–Trinajstić information content (AvgIpc) is 1.67. The SMILES string of the molecule is CCC[C@@H](N)C(F)F. The molecule has 0 aromatic rings. The van der Waals surface area contributed by atoms with E-state index in [9.17, 15) is 8.78 Å². The van der Waals surface area contributed by atoms with E-state index in [4.69, 9.17) is 5.73 Å². The zero-order valence-corrected chi connectivity index (χ0v) is 4.90. The summed E-state index contributed by atoms with van der Waals surface area (Å²) < 4.78 is 23.0. The van der Waals surface area contributed by atoms with E-state index in [2.05, 4.69) is 0 Å². The highest BCUT2D eigenvalue weighted by Gasteiger charge is 2.12. The Morgan fingerprint density at radius 3 is 2.12 bits per heavy atom. The van der Waals surface area contributed by atoms with E-state index in [1.165, 1.54) is 0 Å². The molecule has 0 aliphatic rings. The van der Waals surface area contributed by atoms with Crippen LogP contribution in [-0.4, -0.2) is 12.5 Å². The van der Waals surface area contributed by atoms with Crippen LogP contribution in [0, 0.1) is 0 Å². The standard InChI is InChI=1S/C5H11F2N/c1-2-3-4(8)5(6)7/h4-5H,2-3,8H2,1H3/t4-/m1/s1. The van der Waals surface area contributed by atoms with Gasteiger partial charge in [0, 0.05) is 0 Å². The molecule has 0 aliphatic heterocycles. The summed E-state index contributed by atoms with van der Waals surface area (Å²) in [6.07, 6.45) is -1.21. The molecule has 0 saturated heterocycles. The van der Waals surface area contributed by atoms with Crippen LogP contribution in [0.25, 0.3) is 0 Å². The zero-order valence-electron chi connectivity index (χ0n) is 4.90. The van der Waals surface area contributed by atoms with Gasteiger partial charge in [-0.3, -0.25) is 0 Å². The summed E-state index contributed by atoms with van der Waals surface area (Å²) >= 11 is 0. The Hall–Kier alpha value is -0.180. The van der Waals surface area contributed by atoms with Crippen LogP contribution in [0.1, 0.15) is 19.8 Å². The zero-order chi connectivity index (χ0) is 6.57. The van der Waals surface area contributed by atoms with Gasteiger partial charge in [0.25, 0.3) is 6.43 Å². The third kappa shape index (κ3) is 2.91. The molecular weight excluding hydrogens is 112 g/mol. The van der Waals surface area contributed by atoms with Crippen molar-refractivity contribution >= 4 is 0 Å². The highest BCUT2D eigenvalue weighted by Crippen LogP contribution is 2.03. The maximum absolute atomic E-state index is 11.5. The molecule has 0 spiro atoms. The average molecular weight is 123 g/mol. The Kier molecular flexibility index (Phi) is 3.69. The summed E-state index contributed by atoms with van der Waals surface area (Å²) in [7, 11) is 0. The maximum Gasteiger partial charge on any atom is 0.253 e. The lowest BCUT2D eigenvalue weighted by Gasteiger charge is -2.06. The van der Waals surface area contributed by atoms with E-state index < -0.39 is 12.5 Å². The minimum absolute atomic E-state index is 0.414. The van der Waals surface area contributed by atoms with Gasteiger partial charge in [-0.15, -0.1) is 0 Å². The lowest BCUT2D eigenvalue weighted by molar-refractivity contribution is 0.112. The molecule has 1 atom stereocenters. The molecule has 0 unspecified atom stereocenters. The number of alkyl halides is 2. The first-order valence-electron chi connectivity index (χ1n) is 2.72. The largest absolute Gasteiger partial charge is 0.323 e. The Morgan fingerprint density at radius 2 is 2.00 bits per heavy atom. The lowest BCUT2D eigenvalue weighted by atomic mass is 10.2. The van der Waals surface area contributed by atoms with E-state index in [0.29, 0.717) is 6.42 Å². The second-order valence-corrected chi connectivity index (χ2v) is 1.79. The van der Waals surface area contributed by atoms with E-state index >= 15 is 0 Å². The van der Waals surface area contributed by atoms with Gasteiger partial charge in [0.2, 0.25) is 0 Å². The molecule has 0 saturated carbocycles. The van der Waals surface area contributed by atoms with Crippen LogP contribution in [0.5, 0.6) is 0 Å². The molecule has 0 amide bonds. The van der Waals surface area contributed by atoms with Crippen LogP contribution in [0.3, 0.4) is 0 Å². The molecule has 0 bridgehead atoms. The van der Waals surface area contributed by atoms with Crippen molar-refractivity contribution < 1.29 is 8.78 Å². The second-order valence-electron chi connectivity index (χ2n) is 1.79. The normalized spacial score (nSPS) is 14.6. The van der Waals surface area contributed by atoms with Crippen molar-refractivity contribution in [1.29, 1.82) is 0 Å². The van der Waals surface area contributed by atoms with Gasteiger partial charge in [-0.05, 0) is 6.42 Å². The summed E-state index contributed by atoms with van der Waals surface area (Å²) in [4.78, 5) is 0. The van der Waals surface area contributed by atoms with Gasteiger partial charge in [0.1, 0.15) is 0 Å². The number of hydrogen-bond donors (Lipinski definition) is 1. The predicted octanol–water partition coefficient (Wildman–Crippen LogP) is 1.38. The molecule has 0 fully saturated rings. The van der Waals surface area contributed by atoms with Crippen molar-refractivity contribution in [3.05, 3.63) is 0 Å². The summed E-state index contributed by atoms with van der Waals surface area (Å²) in [6.45, 7) is 1.84. The van der Waals surface area contributed by atoms with Crippen molar-refractivity contribution in [2.45, 2.75) is 32.2 Å². The number of rotatable bonds is 3. The summed E-state index contributed by atoms with van der Waals surface area (Å²) in [5.74, 6) is 0. The Labute approximate surface area is 47.9 Å². The van der Waals surface area contributed by atoms with Gasteiger partial charge < -0.3 is 5.73 Å². The first-order valence-corrected chi connectivity index (χ1v) is 2.72. The van der Waals surface area contributed by atoms with Gasteiger partial charge in [-0.25, -0.2) is 8.78 Å². The van der Waals surface area contributed by atoms with Crippen LogP contribution in [0.2, 0.25) is 0 Å². The summed E-state index contributed by atoms with van der Waals surface area (Å²) in [5.41, 5.74) is 4.98. The van der Waals surface area contributed by atoms with E-state index in [0.717, 1.165) is 6.42 Å². The quantitative estimate of drug-likeness (QED) is 0.602. The monoisotopic (exact) mass is 123 g/mol. The van der Waals surface area contributed by atoms with Crippen LogP contribution >= 0.6 is 0 Å². The minimum Gasteiger partial charge on any atom is -0.323 e. The van der Waals surface area contributed by atoms with Gasteiger partial charge >= 0.3 is 0 Å². The molecule has 0 aromatic heterocycles. The Bertz CT molecular complexity index is 56.4. The Balaban J connectivity index is 3.17. The Morgan fingerprint density at radius 1 is 1.50 bits per heavy atom. The van der Waals surface area contributed by atoms with Crippen molar-refractivity contribution in [3.63, 3.8) is 0 Å². The fourth-order valence-electron chi connectivity index (χ4n) is 0.459. The molecule has 50 valence electrons. The third-order valence-corrected chi connectivity index (χ3v) is 0.946. The second kappa shape index (κ2) is 3.78. The molecule has 0 radical (unpaired) electrons. The van der Waals surface area contributed by atoms with Crippen molar-refractivity contribution in [2.24, 2.45) is 5.73 Å². The first-order chi connectivity index (χ1) is 3.68. The van der Waals surface area contributed by atoms with Crippen LogP contribution in [0.15, 0.2) is 0 Å². The fraction of sp³-hybridized carbons (Fsp3) is 1.00. The molecule has 0 heterocycles. The van der Waals surface area contributed by atoms with E-state index in [1.807, 2.05) is 6.92 Å². The first kappa shape index (κ1) is 7.82. The van der Waals surface area contributed by atoms with Crippen LogP contribution in [0.4, 0.5) is 8.78 Å². The van der Waals surface area contributed by atoms with Gasteiger partial charge in [-0.1, -0.05) is 13.3 Å². The molecule has 1 nitrogen and oxygen atoms in total. The molecule has 8 heavy (non-hydrogen) atoms. The van der Waals surface area contributed by atoms with Gasteiger partial charge in [-0.2, -0.15) is 0 Å². The predicted molar refractivity (Wildman–Crippen MR) is 28.9 cm³/mol. The van der Waals surface area contributed by atoms with Crippen LogP contribution in [-0.2, 0) is 0 Å². The number of nitrogens with two attached hydrogens (primary N) is 1. The molecule has 0 aliphatic carbocycles. The highest BCUT2D eigenvalue weighted by molar-refractivity contribution is 4.61. The topological polar surface area (TPSA) is 26.0 Å². The molecular formula is C5H11F2N. The smallest absolute Gasteiger partial charge is 0.253 e. The van der Waals surface area contributed by atoms with Gasteiger partial charge in [0.05, 0.1) is 6.04 Å². The fourth-order valence-corrected chi connectivity index (χ4v) is 0.459. The molecule has 0 rings (SSSR count). The minimum atomic E-state index is -2.35. The third-order valence-electron chi connectivity index (χ3n) is 0.946. The van der Waals surface area contributed by atoms with E-state index in [1.54, 1.807) is 0 Å². The van der Waals surface area contributed by atoms with Crippen LogP contribution < -0.4 is 5.73 Å². The molecule has 0 aromatic carbocycles. The van der Waals surface area contributed by atoms with Crippen molar-refractivity contribution in [1.82, 2.24) is 0 Å². The maximum atomic E-state index is 11.5. The van der Waals surface area contributed by atoms with E-state index in [-0.39, 0.29) is 0 Å². The summed E-state index contributed by atoms with van der Waals surface area (Å²) in [6, 6.07) is -0.917. The highest BCUT2D eigenvalue weighted by atomic mass is 19.3. The lowest BCUT2D eigenvalue weighted by Crippen LogP contribution is -2.27. The van der Waals surface area contributed by atoms with Gasteiger partial charge in [0.15, 0.2) is 0 Å². The number of halogens is 2. The van der Waals surface area contributed by atoms with Crippen molar-refractivity contribution in [2.75, 3.05) is 0 Å². The molecule has 3 heteroatoms. The van der Waals surface area contributed by atoms with Crippen molar-refractivity contribution in [3.8, 4) is 0 Å². The molecule has 2 N–H and O–H groups in total. The summed E-state index contributed by atoms with van der Waals surface area (Å²) in [5, 5.41) is 0. The number of hydrogen-bond acceptors (Lipinski definition) is 1.